The molecule has 1 fully saturated rings. The number of nitrogens with zero attached hydrogens (tertiary/aromatic N) is 1. The van der Waals surface area contributed by atoms with E-state index in [4.69, 9.17) is 14.6 Å². The fraction of sp³-hybridized carbons (Fsp3) is 0.438. The summed E-state index contributed by atoms with van der Waals surface area (Å²) in [5, 5.41) is 11.5. The van der Waals surface area contributed by atoms with E-state index in [9.17, 15) is 14.4 Å². The zero-order valence-electron chi connectivity index (χ0n) is 13.4. The van der Waals surface area contributed by atoms with Crippen LogP contribution in [-0.4, -0.2) is 66.7 Å². The standard InChI is InChI=1S/C16H20N2O6/c1-2-23-12-5-3-11(4-6-12)15(20)17-9-14(19)18-7-8-24-13(10-18)16(21)22/h3-6,13H,2,7-10H2,1H3,(H,17,20)(H,21,22). The van der Waals surface area contributed by atoms with Crippen molar-refractivity contribution in [3.05, 3.63) is 29.8 Å². The second-order valence-corrected chi connectivity index (χ2v) is 5.18. The van der Waals surface area contributed by atoms with E-state index in [1.165, 1.54) is 4.90 Å². The fourth-order valence-corrected chi connectivity index (χ4v) is 2.26. The van der Waals surface area contributed by atoms with Crippen LogP contribution in [0, 0.1) is 0 Å². The lowest BCUT2D eigenvalue weighted by molar-refractivity contribution is -0.159. The molecule has 130 valence electrons. The summed E-state index contributed by atoms with van der Waals surface area (Å²) in [5.41, 5.74) is 0.414. The summed E-state index contributed by atoms with van der Waals surface area (Å²) in [6, 6.07) is 6.58. The van der Waals surface area contributed by atoms with Gasteiger partial charge in [-0.1, -0.05) is 0 Å². The summed E-state index contributed by atoms with van der Waals surface area (Å²) in [4.78, 5) is 36.4. The van der Waals surface area contributed by atoms with E-state index in [-0.39, 0.29) is 31.5 Å². The third-order valence-electron chi connectivity index (χ3n) is 3.52. The highest BCUT2D eigenvalue weighted by Gasteiger charge is 2.28. The smallest absolute Gasteiger partial charge is 0.334 e. The molecule has 1 aromatic rings. The lowest BCUT2D eigenvalue weighted by atomic mass is 10.2. The summed E-state index contributed by atoms with van der Waals surface area (Å²) in [6.45, 7) is 2.66. The van der Waals surface area contributed by atoms with Crippen LogP contribution in [0.15, 0.2) is 24.3 Å². The highest BCUT2D eigenvalue weighted by Crippen LogP contribution is 2.12. The molecule has 24 heavy (non-hydrogen) atoms. The van der Waals surface area contributed by atoms with Crippen molar-refractivity contribution < 1.29 is 29.0 Å². The van der Waals surface area contributed by atoms with Gasteiger partial charge in [-0.25, -0.2) is 4.79 Å². The van der Waals surface area contributed by atoms with Crippen molar-refractivity contribution in [2.24, 2.45) is 0 Å². The maximum atomic E-state index is 12.1. The van der Waals surface area contributed by atoms with Gasteiger partial charge in [0, 0.05) is 12.1 Å². The van der Waals surface area contributed by atoms with Crippen LogP contribution in [0.4, 0.5) is 0 Å². The van der Waals surface area contributed by atoms with Crippen molar-refractivity contribution in [1.82, 2.24) is 10.2 Å². The first kappa shape index (κ1) is 17.7. The molecule has 1 aromatic carbocycles. The van der Waals surface area contributed by atoms with Gasteiger partial charge < -0.3 is 24.8 Å². The molecule has 8 nitrogen and oxygen atoms in total. The van der Waals surface area contributed by atoms with Gasteiger partial charge in [-0.2, -0.15) is 0 Å². The molecule has 1 saturated heterocycles. The second kappa shape index (κ2) is 8.30. The number of carboxylic acids is 1. The highest BCUT2D eigenvalue weighted by molar-refractivity contribution is 5.96. The Morgan fingerprint density at radius 2 is 2.04 bits per heavy atom. The molecule has 2 N–H and O–H groups in total. The molecule has 8 heteroatoms. The van der Waals surface area contributed by atoms with Gasteiger partial charge in [0.25, 0.3) is 5.91 Å². The molecule has 0 bridgehead atoms. The summed E-state index contributed by atoms with van der Waals surface area (Å²) in [7, 11) is 0. The van der Waals surface area contributed by atoms with Crippen LogP contribution in [-0.2, 0) is 14.3 Å². The molecule has 0 saturated carbocycles. The monoisotopic (exact) mass is 336 g/mol. The number of carbonyl (C=O) groups is 3. The van der Waals surface area contributed by atoms with Crippen LogP contribution in [0.25, 0.3) is 0 Å². The van der Waals surface area contributed by atoms with Gasteiger partial charge in [0.05, 0.1) is 26.3 Å². The van der Waals surface area contributed by atoms with Crippen LogP contribution in [0.5, 0.6) is 5.75 Å². The third-order valence-corrected chi connectivity index (χ3v) is 3.52. The number of amides is 2. The van der Waals surface area contributed by atoms with Gasteiger partial charge in [-0.05, 0) is 31.2 Å². The minimum atomic E-state index is -1.11. The SMILES string of the molecule is CCOc1ccc(C(=O)NCC(=O)N2CCOC(C(=O)O)C2)cc1. The molecular formula is C16H20N2O6. The zero-order valence-corrected chi connectivity index (χ0v) is 13.4. The van der Waals surface area contributed by atoms with E-state index in [0.29, 0.717) is 24.5 Å². The average Bonchev–Trinajstić information content (AvgIpc) is 2.60. The summed E-state index contributed by atoms with van der Waals surface area (Å²) < 4.78 is 10.3. The third kappa shape index (κ3) is 4.69. The fourth-order valence-electron chi connectivity index (χ4n) is 2.26. The van der Waals surface area contributed by atoms with E-state index in [1.54, 1.807) is 24.3 Å². The minimum absolute atomic E-state index is 0.0207. The summed E-state index contributed by atoms with van der Waals surface area (Å²) in [6.07, 6.45) is -1.02. The lowest BCUT2D eigenvalue weighted by Crippen LogP contribution is -2.51. The van der Waals surface area contributed by atoms with Crippen molar-refractivity contribution in [3.8, 4) is 5.75 Å². The molecular weight excluding hydrogens is 316 g/mol. The predicted molar refractivity (Wildman–Crippen MR) is 83.9 cm³/mol. The number of nitrogens with one attached hydrogen (secondary N) is 1. The normalized spacial score (nSPS) is 17.2. The van der Waals surface area contributed by atoms with Crippen LogP contribution < -0.4 is 10.1 Å². The quantitative estimate of drug-likeness (QED) is 0.765. The molecule has 0 spiro atoms. The van der Waals surface area contributed by atoms with E-state index < -0.39 is 12.1 Å². The van der Waals surface area contributed by atoms with Crippen LogP contribution >= 0.6 is 0 Å². The van der Waals surface area contributed by atoms with Crippen molar-refractivity contribution in [2.75, 3.05) is 32.8 Å². The van der Waals surface area contributed by atoms with Gasteiger partial charge in [-0.3, -0.25) is 9.59 Å². The molecule has 1 unspecified atom stereocenters. The van der Waals surface area contributed by atoms with Gasteiger partial charge in [0.15, 0.2) is 6.10 Å². The Morgan fingerprint density at radius 1 is 1.33 bits per heavy atom. The average molecular weight is 336 g/mol. The molecule has 2 rings (SSSR count). The lowest BCUT2D eigenvalue weighted by Gasteiger charge is -2.30. The van der Waals surface area contributed by atoms with E-state index in [1.807, 2.05) is 6.92 Å². The summed E-state index contributed by atoms with van der Waals surface area (Å²) in [5.74, 6) is -1.16. The zero-order chi connectivity index (χ0) is 17.5. The van der Waals surface area contributed by atoms with E-state index >= 15 is 0 Å². The Hall–Kier alpha value is -2.61. The number of benzene rings is 1. The number of rotatable bonds is 6. The molecule has 2 amide bonds. The number of carbonyl (C=O) groups excluding carboxylic acids is 2. The topological polar surface area (TPSA) is 105 Å². The largest absolute Gasteiger partial charge is 0.494 e. The first-order chi connectivity index (χ1) is 11.5. The first-order valence-corrected chi connectivity index (χ1v) is 7.64. The van der Waals surface area contributed by atoms with Crippen LogP contribution in [0.3, 0.4) is 0 Å². The van der Waals surface area contributed by atoms with Crippen molar-refractivity contribution in [3.63, 3.8) is 0 Å². The number of hydrogen-bond acceptors (Lipinski definition) is 5. The highest BCUT2D eigenvalue weighted by atomic mass is 16.5. The maximum absolute atomic E-state index is 12.1. The number of aliphatic carboxylic acids is 1. The van der Waals surface area contributed by atoms with Gasteiger partial charge in [0.2, 0.25) is 5.91 Å². The van der Waals surface area contributed by atoms with Gasteiger partial charge in [0.1, 0.15) is 5.75 Å². The van der Waals surface area contributed by atoms with Crippen molar-refractivity contribution >= 4 is 17.8 Å². The predicted octanol–water partition coefficient (Wildman–Crippen LogP) is 0.127. The number of morpholine rings is 1. The molecule has 1 atom stereocenters. The minimum Gasteiger partial charge on any atom is -0.494 e. The Balaban J connectivity index is 1.84. The van der Waals surface area contributed by atoms with Crippen LogP contribution in [0.1, 0.15) is 17.3 Å². The van der Waals surface area contributed by atoms with Crippen LogP contribution in [0.2, 0.25) is 0 Å². The Labute approximate surface area is 139 Å². The number of carboxylic acid groups (broad SMARTS) is 1. The van der Waals surface area contributed by atoms with E-state index in [2.05, 4.69) is 5.32 Å². The second-order valence-electron chi connectivity index (χ2n) is 5.18. The Kier molecular flexibility index (Phi) is 6.14. The molecule has 1 aliphatic rings. The van der Waals surface area contributed by atoms with E-state index in [0.717, 1.165) is 0 Å². The molecule has 1 aliphatic heterocycles. The number of ether oxygens (including phenoxy) is 2. The molecule has 1 heterocycles. The Morgan fingerprint density at radius 3 is 2.67 bits per heavy atom. The van der Waals surface area contributed by atoms with Gasteiger partial charge >= 0.3 is 5.97 Å². The summed E-state index contributed by atoms with van der Waals surface area (Å²) >= 11 is 0. The van der Waals surface area contributed by atoms with Crippen molar-refractivity contribution in [1.29, 1.82) is 0 Å². The first-order valence-electron chi connectivity index (χ1n) is 7.64. The molecule has 0 aliphatic carbocycles. The Bertz CT molecular complexity index is 601. The molecule has 0 radical (unpaired) electrons. The molecule has 0 aromatic heterocycles. The van der Waals surface area contributed by atoms with Crippen molar-refractivity contribution in [2.45, 2.75) is 13.0 Å². The number of hydrogen-bond donors (Lipinski definition) is 2. The van der Waals surface area contributed by atoms with Gasteiger partial charge in [-0.15, -0.1) is 0 Å². The maximum Gasteiger partial charge on any atom is 0.334 e.